The number of hydrogen-bond acceptors (Lipinski definition) is 5. The third-order valence-electron chi connectivity index (χ3n) is 6.09. The number of carbonyl (C=O) groups excluding carboxylic acids is 2. The first-order valence-electron chi connectivity index (χ1n) is 11.0. The van der Waals surface area contributed by atoms with Gasteiger partial charge in [-0.1, -0.05) is 48.5 Å². The molecule has 0 atom stereocenters. The maximum absolute atomic E-state index is 13.6. The first-order valence-corrected chi connectivity index (χ1v) is 11.0. The number of benzene rings is 3. The van der Waals surface area contributed by atoms with Crippen molar-refractivity contribution < 1.29 is 18.7 Å². The van der Waals surface area contributed by atoms with Crippen LogP contribution in [0.3, 0.4) is 0 Å². The molecule has 6 nitrogen and oxygen atoms in total. The molecule has 3 aromatic carbocycles. The van der Waals surface area contributed by atoms with Crippen molar-refractivity contribution >= 4 is 33.8 Å². The highest BCUT2D eigenvalue weighted by Crippen LogP contribution is 2.32. The topological polar surface area (TPSA) is 61.9 Å². The van der Waals surface area contributed by atoms with Gasteiger partial charge in [-0.2, -0.15) is 0 Å². The summed E-state index contributed by atoms with van der Waals surface area (Å²) in [5.74, 6) is -1.15. The fourth-order valence-corrected chi connectivity index (χ4v) is 4.31. The van der Waals surface area contributed by atoms with Gasteiger partial charge in [-0.15, -0.1) is 0 Å². The second-order valence-corrected chi connectivity index (χ2v) is 8.12. The highest BCUT2D eigenvalue weighted by Gasteiger charge is 2.39. The lowest BCUT2D eigenvalue weighted by Crippen LogP contribution is -2.43. The van der Waals surface area contributed by atoms with Gasteiger partial charge in [0, 0.05) is 37.3 Å². The Balaban J connectivity index is 1.49. The zero-order valence-corrected chi connectivity index (χ0v) is 18.1. The lowest BCUT2D eigenvalue weighted by Gasteiger charge is -2.28. The second kappa shape index (κ2) is 9.13. The quantitative estimate of drug-likeness (QED) is 0.589. The molecule has 0 bridgehead atoms. The van der Waals surface area contributed by atoms with Gasteiger partial charge in [0.05, 0.1) is 18.8 Å². The van der Waals surface area contributed by atoms with Crippen molar-refractivity contribution in [3.63, 3.8) is 0 Å². The highest BCUT2D eigenvalue weighted by atomic mass is 19.1. The van der Waals surface area contributed by atoms with E-state index in [1.807, 2.05) is 42.5 Å². The van der Waals surface area contributed by atoms with E-state index >= 15 is 0 Å². The molecule has 1 N–H and O–H groups in total. The number of nitrogens with one attached hydrogen (secondary N) is 1. The van der Waals surface area contributed by atoms with E-state index in [9.17, 15) is 14.0 Å². The summed E-state index contributed by atoms with van der Waals surface area (Å²) >= 11 is 0. The number of halogens is 1. The normalized spacial score (nSPS) is 17.3. The molecule has 2 aliphatic heterocycles. The number of morpholine rings is 1. The fraction of sp³-hybridized carbons (Fsp3) is 0.231. The average molecular weight is 445 g/mol. The van der Waals surface area contributed by atoms with Crippen molar-refractivity contribution in [3.8, 4) is 0 Å². The summed E-state index contributed by atoms with van der Waals surface area (Å²) in [6, 6.07) is 19.3. The standard InChI is InChI=1S/C26H24FN3O3/c27-20-10-8-19(9-11-20)23-24(28-22-7-3-5-18-4-1-2-6-21(18)22)26(32)30(25(23)31)13-12-29-14-16-33-17-15-29/h1-11,28H,12-17H2. The van der Waals surface area contributed by atoms with Gasteiger partial charge in [-0.05, 0) is 29.1 Å². The van der Waals surface area contributed by atoms with E-state index in [2.05, 4.69) is 10.2 Å². The predicted molar refractivity (Wildman–Crippen MR) is 125 cm³/mol. The van der Waals surface area contributed by atoms with Crippen molar-refractivity contribution in [2.24, 2.45) is 0 Å². The maximum atomic E-state index is 13.6. The molecular weight excluding hydrogens is 421 g/mol. The largest absolute Gasteiger partial charge is 0.379 e. The minimum atomic E-state index is -0.399. The molecule has 168 valence electrons. The Hall–Kier alpha value is -3.55. The van der Waals surface area contributed by atoms with Crippen LogP contribution >= 0.6 is 0 Å². The zero-order valence-electron chi connectivity index (χ0n) is 18.1. The molecule has 0 aliphatic carbocycles. The number of imide groups is 1. The van der Waals surface area contributed by atoms with Crippen LogP contribution in [0.15, 0.2) is 72.4 Å². The van der Waals surface area contributed by atoms with Crippen LogP contribution in [0.25, 0.3) is 16.3 Å². The molecule has 2 heterocycles. The number of nitrogens with zero attached hydrogens (tertiary/aromatic N) is 2. The second-order valence-electron chi connectivity index (χ2n) is 8.12. The Bertz CT molecular complexity index is 1230. The summed E-state index contributed by atoms with van der Waals surface area (Å²) < 4.78 is 18.9. The van der Waals surface area contributed by atoms with E-state index in [-0.39, 0.29) is 29.6 Å². The van der Waals surface area contributed by atoms with E-state index < -0.39 is 5.82 Å². The first-order chi connectivity index (χ1) is 16.1. The molecule has 1 fully saturated rings. The Labute approximate surface area is 191 Å². The first kappa shape index (κ1) is 21.3. The molecule has 33 heavy (non-hydrogen) atoms. The minimum Gasteiger partial charge on any atom is -0.379 e. The van der Waals surface area contributed by atoms with E-state index in [1.165, 1.54) is 29.2 Å². The minimum absolute atomic E-state index is 0.213. The molecule has 2 amide bonds. The smallest absolute Gasteiger partial charge is 0.278 e. The van der Waals surface area contributed by atoms with Crippen LogP contribution in [-0.4, -0.2) is 61.0 Å². The van der Waals surface area contributed by atoms with Gasteiger partial charge >= 0.3 is 0 Å². The zero-order chi connectivity index (χ0) is 22.8. The highest BCUT2D eigenvalue weighted by molar-refractivity contribution is 6.36. The van der Waals surface area contributed by atoms with Gasteiger partial charge < -0.3 is 10.1 Å². The number of anilines is 1. The average Bonchev–Trinajstić information content (AvgIpc) is 3.08. The summed E-state index contributed by atoms with van der Waals surface area (Å²) in [5.41, 5.74) is 1.71. The van der Waals surface area contributed by atoms with Crippen LogP contribution in [-0.2, 0) is 14.3 Å². The number of amides is 2. The van der Waals surface area contributed by atoms with Crippen molar-refractivity contribution in [3.05, 3.63) is 83.8 Å². The van der Waals surface area contributed by atoms with Crippen molar-refractivity contribution in [2.45, 2.75) is 0 Å². The number of ether oxygens (including phenoxy) is 1. The Morgan fingerprint density at radius 1 is 0.848 bits per heavy atom. The van der Waals surface area contributed by atoms with Crippen molar-refractivity contribution in [1.29, 1.82) is 0 Å². The van der Waals surface area contributed by atoms with Crippen LogP contribution in [0.1, 0.15) is 5.56 Å². The third kappa shape index (κ3) is 4.25. The molecule has 5 rings (SSSR count). The molecule has 0 aromatic heterocycles. The van der Waals surface area contributed by atoms with Crippen LogP contribution in [0.2, 0.25) is 0 Å². The summed E-state index contributed by atoms with van der Waals surface area (Å²) in [7, 11) is 0. The van der Waals surface area contributed by atoms with Crippen molar-refractivity contribution in [2.75, 3.05) is 44.7 Å². The van der Waals surface area contributed by atoms with Crippen LogP contribution in [0, 0.1) is 5.82 Å². The Morgan fingerprint density at radius 3 is 2.36 bits per heavy atom. The van der Waals surface area contributed by atoms with Gasteiger partial charge in [-0.3, -0.25) is 19.4 Å². The maximum Gasteiger partial charge on any atom is 0.278 e. The summed E-state index contributed by atoms with van der Waals surface area (Å²) in [4.78, 5) is 30.3. The molecule has 7 heteroatoms. The van der Waals surface area contributed by atoms with E-state index in [4.69, 9.17) is 4.74 Å². The van der Waals surface area contributed by atoms with Crippen molar-refractivity contribution in [1.82, 2.24) is 9.80 Å². The fourth-order valence-electron chi connectivity index (χ4n) is 4.31. The van der Waals surface area contributed by atoms with Gasteiger partial charge in [0.2, 0.25) is 0 Å². The molecule has 0 spiro atoms. The Morgan fingerprint density at radius 2 is 1.58 bits per heavy atom. The van der Waals surface area contributed by atoms with E-state index in [1.54, 1.807) is 0 Å². The molecule has 3 aromatic rings. The Kier molecular flexibility index (Phi) is 5.90. The van der Waals surface area contributed by atoms with Gasteiger partial charge in [0.15, 0.2) is 0 Å². The van der Waals surface area contributed by atoms with E-state index in [0.717, 1.165) is 29.5 Å². The van der Waals surface area contributed by atoms with Gasteiger partial charge in [-0.25, -0.2) is 4.39 Å². The summed E-state index contributed by atoms with van der Waals surface area (Å²) in [6.45, 7) is 3.71. The summed E-state index contributed by atoms with van der Waals surface area (Å²) in [5, 5.41) is 5.20. The molecular formula is C26H24FN3O3. The molecule has 0 radical (unpaired) electrons. The molecule has 1 saturated heterocycles. The van der Waals surface area contributed by atoms with Gasteiger partial charge in [0.1, 0.15) is 11.5 Å². The number of fused-ring (bicyclic) bond motifs is 1. The third-order valence-corrected chi connectivity index (χ3v) is 6.09. The number of hydrogen-bond donors (Lipinski definition) is 1. The van der Waals surface area contributed by atoms with E-state index in [0.29, 0.717) is 25.3 Å². The number of rotatable bonds is 6. The lowest BCUT2D eigenvalue weighted by molar-refractivity contribution is -0.137. The molecule has 2 aliphatic rings. The molecule has 0 saturated carbocycles. The van der Waals surface area contributed by atoms with Crippen LogP contribution in [0.4, 0.5) is 10.1 Å². The van der Waals surface area contributed by atoms with Crippen LogP contribution < -0.4 is 5.32 Å². The molecule has 0 unspecified atom stereocenters. The SMILES string of the molecule is O=C1C(Nc2cccc3ccccc23)=C(c2ccc(F)cc2)C(=O)N1CCN1CCOCC1. The number of carbonyl (C=O) groups is 2. The van der Waals surface area contributed by atoms with Crippen LogP contribution in [0.5, 0.6) is 0 Å². The summed E-state index contributed by atoms with van der Waals surface area (Å²) in [6.07, 6.45) is 0. The lowest BCUT2D eigenvalue weighted by atomic mass is 10.0. The monoisotopic (exact) mass is 445 g/mol. The predicted octanol–water partition coefficient (Wildman–Crippen LogP) is 3.50. The van der Waals surface area contributed by atoms with Gasteiger partial charge in [0.25, 0.3) is 11.8 Å².